The topological polar surface area (TPSA) is 82.4 Å². The number of aryl methyl sites for hydroxylation is 2. The molecule has 1 amide bonds. The van der Waals surface area contributed by atoms with Gasteiger partial charge in [0.25, 0.3) is 0 Å². The summed E-state index contributed by atoms with van der Waals surface area (Å²) in [5.74, 6) is 0.734. The first-order chi connectivity index (χ1) is 11.3. The van der Waals surface area contributed by atoms with Gasteiger partial charge in [0.05, 0.1) is 12.8 Å². The molecular formula is C18H20N2O4. The molecule has 2 aromatic rings. The van der Waals surface area contributed by atoms with Crippen LogP contribution in [0.25, 0.3) is 0 Å². The Bertz CT molecular complexity index is 777. The van der Waals surface area contributed by atoms with Gasteiger partial charge in [0.15, 0.2) is 0 Å². The molecule has 0 heterocycles. The summed E-state index contributed by atoms with van der Waals surface area (Å²) in [5.41, 5.74) is 3.55. The predicted octanol–water partition coefficient (Wildman–Crippen LogP) is 3.88. The van der Waals surface area contributed by atoms with Crippen molar-refractivity contribution in [1.82, 2.24) is 0 Å². The van der Waals surface area contributed by atoms with Crippen molar-refractivity contribution in [2.75, 3.05) is 19.1 Å². The molecule has 0 saturated heterocycles. The van der Waals surface area contributed by atoms with E-state index >= 15 is 0 Å². The number of nitrogens with zero attached hydrogens (tertiary/aromatic N) is 2. The van der Waals surface area contributed by atoms with E-state index < -0.39 is 6.09 Å². The number of rotatable bonds is 4. The van der Waals surface area contributed by atoms with Gasteiger partial charge in [-0.25, -0.2) is 4.79 Å². The minimum atomic E-state index is -1.02. The van der Waals surface area contributed by atoms with Crippen molar-refractivity contribution in [2.24, 2.45) is 4.99 Å². The minimum Gasteiger partial charge on any atom is -0.507 e. The third-order valence-electron chi connectivity index (χ3n) is 3.72. The van der Waals surface area contributed by atoms with E-state index in [9.17, 15) is 9.90 Å². The summed E-state index contributed by atoms with van der Waals surface area (Å²) in [6.07, 6.45) is 0.541. The van der Waals surface area contributed by atoms with Crippen LogP contribution in [0.3, 0.4) is 0 Å². The molecule has 0 aliphatic heterocycles. The Balaban J connectivity index is 2.38. The smallest absolute Gasteiger partial charge is 0.411 e. The summed E-state index contributed by atoms with van der Waals surface area (Å²) >= 11 is 0. The van der Waals surface area contributed by atoms with Crippen LogP contribution in [0.5, 0.6) is 11.5 Å². The number of hydrogen-bond donors (Lipinski definition) is 2. The second-order valence-corrected chi connectivity index (χ2v) is 5.45. The van der Waals surface area contributed by atoms with Crippen molar-refractivity contribution in [3.05, 3.63) is 47.0 Å². The van der Waals surface area contributed by atoms with E-state index in [0.29, 0.717) is 17.0 Å². The van der Waals surface area contributed by atoms with Crippen molar-refractivity contribution in [2.45, 2.75) is 13.8 Å². The molecule has 0 aromatic heterocycles. The first-order valence-corrected chi connectivity index (χ1v) is 7.32. The van der Waals surface area contributed by atoms with Crippen LogP contribution >= 0.6 is 0 Å². The van der Waals surface area contributed by atoms with Gasteiger partial charge in [-0.1, -0.05) is 0 Å². The first-order valence-electron chi connectivity index (χ1n) is 7.32. The van der Waals surface area contributed by atoms with Crippen LogP contribution in [0.4, 0.5) is 16.2 Å². The maximum absolute atomic E-state index is 11.1. The molecule has 2 aromatic carbocycles. The zero-order chi connectivity index (χ0) is 17.9. The van der Waals surface area contributed by atoms with Gasteiger partial charge in [0.1, 0.15) is 11.5 Å². The fraction of sp³-hybridized carbons (Fsp3) is 0.222. The second-order valence-electron chi connectivity index (χ2n) is 5.45. The number of amides is 1. The summed E-state index contributed by atoms with van der Waals surface area (Å²) in [7, 11) is 3.05. The lowest BCUT2D eigenvalue weighted by Crippen LogP contribution is -2.23. The Morgan fingerprint density at radius 2 is 1.83 bits per heavy atom. The fourth-order valence-electron chi connectivity index (χ4n) is 2.34. The maximum atomic E-state index is 11.1. The highest BCUT2D eigenvalue weighted by Crippen LogP contribution is 2.30. The van der Waals surface area contributed by atoms with E-state index in [4.69, 9.17) is 9.84 Å². The van der Waals surface area contributed by atoms with Crippen LogP contribution in [0, 0.1) is 13.8 Å². The number of phenolic OH excluding ortho intramolecular Hbond substituents is 1. The van der Waals surface area contributed by atoms with Crippen molar-refractivity contribution in [3.63, 3.8) is 0 Å². The summed E-state index contributed by atoms with van der Waals surface area (Å²) in [6.45, 7) is 3.73. The third-order valence-corrected chi connectivity index (χ3v) is 3.72. The third kappa shape index (κ3) is 3.65. The van der Waals surface area contributed by atoms with Crippen molar-refractivity contribution in [3.8, 4) is 11.5 Å². The summed E-state index contributed by atoms with van der Waals surface area (Å²) in [5, 5.41) is 19.0. The van der Waals surface area contributed by atoms with Gasteiger partial charge < -0.3 is 14.9 Å². The largest absolute Gasteiger partial charge is 0.507 e. The number of carbonyl (C=O) groups is 1. The summed E-state index contributed by atoms with van der Waals surface area (Å²) < 4.78 is 5.14. The van der Waals surface area contributed by atoms with E-state index in [1.165, 1.54) is 7.05 Å². The van der Waals surface area contributed by atoms with Gasteiger partial charge in [0, 0.05) is 24.5 Å². The second kappa shape index (κ2) is 7.04. The van der Waals surface area contributed by atoms with Crippen molar-refractivity contribution in [1.29, 1.82) is 0 Å². The number of methoxy groups -OCH3 is 1. The van der Waals surface area contributed by atoms with E-state index in [2.05, 4.69) is 4.99 Å². The zero-order valence-corrected chi connectivity index (χ0v) is 14.1. The molecule has 2 rings (SSSR count). The van der Waals surface area contributed by atoms with Gasteiger partial charge in [-0.05, 0) is 55.3 Å². The molecule has 0 aliphatic rings. The number of anilines is 1. The molecule has 6 nitrogen and oxygen atoms in total. The van der Waals surface area contributed by atoms with Crippen LogP contribution in [-0.2, 0) is 0 Å². The minimum absolute atomic E-state index is 0.108. The van der Waals surface area contributed by atoms with Gasteiger partial charge in [0.2, 0.25) is 0 Å². The number of phenols is 1. The molecule has 0 spiro atoms. The molecule has 0 atom stereocenters. The molecule has 0 bridgehead atoms. The van der Waals surface area contributed by atoms with Gasteiger partial charge in [-0.3, -0.25) is 9.89 Å². The zero-order valence-electron chi connectivity index (χ0n) is 14.1. The van der Waals surface area contributed by atoms with E-state index in [0.717, 1.165) is 21.7 Å². The molecule has 6 heteroatoms. The van der Waals surface area contributed by atoms with Crippen LogP contribution in [0.2, 0.25) is 0 Å². The van der Waals surface area contributed by atoms with E-state index in [1.807, 2.05) is 13.8 Å². The highest BCUT2D eigenvalue weighted by molar-refractivity contribution is 5.88. The lowest BCUT2D eigenvalue weighted by molar-refractivity contribution is 0.203. The molecule has 0 aliphatic carbocycles. The number of carboxylic acid groups (broad SMARTS) is 1. The monoisotopic (exact) mass is 328 g/mol. The number of aromatic hydroxyl groups is 1. The molecule has 24 heavy (non-hydrogen) atoms. The molecule has 126 valence electrons. The molecule has 0 fully saturated rings. The molecule has 0 saturated carbocycles. The van der Waals surface area contributed by atoms with Crippen LogP contribution in [0.1, 0.15) is 16.7 Å². The fourth-order valence-corrected chi connectivity index (χ4v) is 2.34. The number of hydrogen-bond acceptors (Lipinski definition) is 4. The normalized spacial score (nSPS) is 10.8. The molecule has 2 N–H and O–H groups in total. The lowest BCUT2D eigenvalue weighted by atomic mass is 10.1. The molecular weight excluding hydrogens is 308 g/mol. The van der Waals surface area contributed by atoms with Crippen LogP contribution in [-0.4, -0.2) is 36.7 Å². The van der Waals surface area contributed by atoms with Crippen molar-refractivity contribution >= 4 is 23.7 Å². The predicted molar refractivity (Wildman–Crippen MR) is 94.3 cm³/mol. The summed E-state index contributed by atoms with van der Waals surface area (Å²) in [6, 6.07) is 8.43. The number of ether oxygens (including phenoxy) is 1. The van der Waals surface area contributed by atoms with Gasteiger partial charge >= 0.3 is 6.09 Å². The lowest BCUT2D eigenvalue weighted by Gasteiger charge is -2.16. The average Bonchev–Trinajstić information content (AvgIpc) is 2.54. The van der Waals surface area contributed by atoms with E-state index in [1.54, 1.807) is 43.7 Å². The van der Waals surface area contributed by atoms with Crippen LogP contribution in [0.15, 0.2) is 35.3 Å². The highest BCUT2D eigenvalue weighted by atomic mass is 16.5. The standard InChI is InChI=1S/C18H20N2O4/c1-11-7-14(20(3)18(22)23)8-12(2)17(11)19-10-13-9-15(24-4)5-6-16(13)21/h5-10,21H,1-4H3,(H,22,23). The molecule has 0 radical (unpaired) electrons. The van der Waals surface area contributed by atoms with Gasteiger partial charge in [-0.15, -0.1) is 0 Å². The van der Waals surface area contributed by atoms with E-state index in [-0.39, 0.29) is 5.75 Å². The Morgan fingerprint density at radius 3 is 2.38 bits per heavy atom. The Hall–Kier alpha value is -3.02. The SMILES string of the molecule is COc1ccc(O)c(C=Nc2c(C)cc(N(C)C(=O)O)cc2C)c1. The number of benzene rings is 2. The summed E-state index contributed by atoms with van der Waals surface area (Å²) in [4.78, 5) is 16.7. The quantitative estimate of drug-likeness (QED) is 0.834. The highest BCUT2D eigenvalue weighted by Gasteiger charge is 2.12. The van der Waals surface area contributed by atoms with Gasteiger partial charge in [-0.2, -0.15) is 0 Å². The maximum Gasteiger partial charge on any atom is 0.411 e. The van der Waals surface area contributed by atoms with Crippen LogP contribution < -0.4 is 9.64 Å². The van der Waals surface area contributed by atoms with Crippen molar-refractivity contribution < 1.29 is 19.7 Å². The molecule has 0 unspecified atom stereocenters. The number of aliphatic imine (C=N–C) groups is 1. The first kappa shape index (κ1) is 17.3. The average molecular weight is 328 g/mol. The Labute approximate surface area is 140 Å². The Kier molecular flexibility index (Phi) is 5.08. The Morgan fingerprint density at radius 1 is 1.21 bits per heavy atom.